The molecule has 15 heavy (non-hydrogen) atoms. The first-order chi connectivity index (χ1) is 7.24. The highest BCUT2D eigenvalue weighted by Crippen LogP contribution is 2.15. The van der Waals surface area contributed by atoms with Crippen molar-refractivity contribution in [2.75, 3.05) is 18.1 Å². The SMILES string of the molecule is CCSCCCNC(C)c1csc(C)n1. The van der Waals surface area contributed by atoms with E-state index in [1.165, 1.54) is 23.6 Å². The van der Waals surface area contributed by atoms with Gasteiger partial charge < -0.3 is 5.32 Å². The summed E-state index contributed by atoms with van der Waals surface area (Å²) < 4.78 is 0. The minimum Gasteiger partial charge on any atom is -0.309 e. The summed E-state index contributed by atoms with van der Waals surface area (Å²) in [6, 6.07) is 0.390. The Balaban J connectivity index is 2.16. The Bertz CT molecular complexity index is 273. The van der Waals surface area contributed by atoms with Crippen LogP contribution >= 0.6 is 23.1 Å². The largest absolute Gasteiger partial charge is 0.309 e. The van der Waals surface area contributed by atoms with Crippen molar-refractivity contribution in [2.45, 2.75) is 33.2 Å². The lowest BCUT2D eigenvalue weighted by Gasteiger charge is -2.10. The average Bonchev–Trinajstić information content (AvgIpc) is 2.64. The van der Waals surface area contributed by atoms with Crippen LogP contribution in [-0.4, -0.2) is 23.0 Å². The summed E-state index contributed by atoms with van der Waals surface area (Å²) >= 11 is 3.73. The average molecular weight is 244 g/mol. The summed E-state index contributed by atoms with van der Waals surface area (Å²) in [4.78, 5) is 4.48. The van der Waals surface area contributed by atoms with E-state index < -0.39 is 0 Å². The van der Waals surface area contributed by atoms with Crippen LogP contribution in [0.1, 0.15) is 37.0 Å². The van der Waals surface area contributed by atoms with Crippen molar-refractivity contribution in [3.63, 3.8) is 0 Å². The van der Waals surface area contributed by atoms with E-state index in [0.717, 1.165) is 11.6 Å². The topological polar surface area (TPSA) is 24.9 Å². The van der Waals surface area contributed by atoms with Crippen LogP contribution < -0.4 is 5.32 Å². The van der Waals surface area contributed by atoms with Gasteiger partial charge in [-0.15, -0.1) is 11.3 Å². The summed E-state index contributed by atoms with van der Waals surface area (Å²) in [6.07, 6.45) is 1.24. The normalized spacial score (nSPS) is 13.0. The third-order valence-electron chi connectivity index (χ3n) is 2.20. The molecule has 4 heteroatoms. The molecule has 1 N–H and O–H groups in total. The summed E-state index contributed by atoms with van der Waals surface area (Å²) in [6.45, 7) is 7.53. The van der Waals surface area contributed by atoms with Gasteiger partial charge in [-0.2, -0.15) is 11.8 Å². The van der Waals surface area contributed by atoms with Gasteiger partial charge in [-0.3, -0.25) is 0 Å². The third-order valence-corrected chi connectivity index (χ3v) is 3.98. The number of rotatable bonds is 7. The van der Waals surface area contributed by atoms with Gasteiger partial charge >= 0.3 is 0 Å². The minimum absolute atomic E-state index is 0.390. The second-order valence-electron chi connectivity index (χ2n) is 3.52. The van der Waals surface area contributed by atoms with Crippen LogP contribution in [0.25, 0.3) is 0 Å². The molecule has 0 radical (unpaired) electrons. The minimum atomic E-state index is 0.390. The van der Waals surface area contributed by atoms with Crippen molar-refractivity contribution < 1.29 is 0 Å². The Morgan fingerprint density at radius 2 is 2.40 bits per heavy atom. The fraction of sp³-hybridized carbons (Fsp3) is 0.727. The first-order valence-electron chi connectivity index (χ1n) is 5.47. The van der Waals surface area contributed by atoms with Crippen LogP contribution in [0.4, 0.5) is 0 Å². The van der Waals surface area contributed by atoms with Crippen molar-refractivity contribution >= 4 is 23.1 Å². The van der Waals surface area contributed by atoms with Crippen LogP contribution in [0.3, 0.4) is 0 Å². The van der Waals surface area contributed by atoms with Crippen LogP contribution in [0.5, 0.6) is 0 Å². The van der Waals surface area contributed by atoms with Crippen molar-refractivity contribution in [1.29, 1.82) is 0 Å². The highest BCUT2D eigenvalue weighted by Gasteiger charge is 2.06. The molecule has 86 valence electrons. The van der Waals surface area contributed by atoms with Gasteiger partial charge in [0.15, 0.2) is 0 Å². The van der Waals surface area contributed by atoms with Crippen molar-refractivity contribution in [3.8, 4) is 0 Å². The van der Waals surface area contributed by atoms with Crippen LogP contribution in [-0.2, 0) is 0 Å². The lowest BCUT2D eigenvalue weighted by atomic mass is 10.2. The number of nitrogens with one attached hydrogen (secondary N) is 1. The molecule has 1 atom stereocenters. The predicted molar refractivity (Wildman–Crippen MR) is 70.9 cm³/mol. The predicted octanol–water partition coefficient (Wildman–Crippen LogP) is 3.25. The van der Waals surface area contributed by atoms with Gasteiger partial charge in [-0.05, 0) is 38.3 Å². The Morgan fingerprint density at radius 3 is 3.00 bits per heavy atom. The van der Waals surface area contributed by atoms with Gasteiger partial charge in [-0.25, -0.2) is 4.98 Å². The quantitative estimate of drug-likeness (QED) is 0.745. The highest BCUT2D eigenvalue weighted by molar-refractivity contribution is 7.99. The first-order valence-corrected chi connectivity index (χ1v) is 7.50. The summed E-state index contributed by atoms with van der Waals surface area (Å²) in [5.41, 5.74) is 1.18. The standard InChI is InChI=1S/C11H20N2S2/c1-4-14-7-5-6-12-9(2)11-8-15-10(3)13-11/h8-9,12H,4-7H2,1-3H3. The number of thiazole rings is 1. The first kappa shape index (κ1) is 13.0. The van der Waals surface area contributed by atoms with E-state index in [4.69, 9.17) is 0 Å². The Hall–Kier alpha value is -0.0600. The van der Waals surface area contributed by atoms with Gasteiger partial charge in [0.2, 0.25) is 0 Å². The maximum absolute atomic E-state index is 4.48. The van der Waals surface area contributed by atoms with Gasteiger partial charge in [0.25, 0.3) is 0 Å². The van der Waals surface area contributed by atoms with E-state index in [1.807, 2.05) is 11.8 Å². The molecule has 1 rings (SSSR count). The summed E-state index contributed by atoms with van der Waals surface area (Å²) in [7, 11) is 0. The monoisotopic (exact) mass is 244 g/mol. The van der Waals surface area contributed by atoms with Crippen molar-refractivity contribution in [2.24, 2.45) is 0 Å². The van der Waals surface area contributed by atoms with Crippen molar-refractivity contribution in [1.82, 2.24) is 10.3 Å². The maximum atomic E-state index is 4.48. The molecule has 1 aromatic heterocycles. The van der Waals surface area contributed by atoms with E-state index >= 15 is 0 Å². The summed E-state index contributed by atoms with van der Waals surface area (Å²) in [5, 5.41) is 6.80. The Morgan fingerprint density at radius 1 is 1.60 bits per heavy atom. The zero-order valence-corrected chi connectivity index (χ0v) is 11.4. The lowest BCUT2D eigenvalue weighted by Crippen LogP contribution is -2.20. The molecule has 0 aromatic carbocycles. The number of aryl methyl sites for hydroxylation is 1. The smallest absolute Gasteiger partial charge is 0.0898 e. The molecule has 0 fully saturated rings. The van der Waals surface area contributed by atoms with Crippen LogP contribution in [0.2, 0.25) is 0 Å². The second-order valence-corrected chi connectivity index (χ2v) is 5.97. The van der Waals surface area contributed by atoms with Gasteiger partial charge in [0, 0.05) is 11.4 Å². The third kappa shape index (κ3) is 5.00. The van der Waals surface area contributed by atoms with Crippen LogP contribution in [0, 0.1) is 6.92 Å². The molecule has 0 spiro atoms. The molecular weight excluding hydrogens is 224 g/mol. The molecule has 2 nitrogen and oxygen atoms in total. The number of thioether (sulfide) groups is 1. The molecule has 0 amide bonds. The number of hydrogen-bond donors (Lipinski definition) is 1. The van der Waals surface area contributed by atoms with E-state index in [1.54, 1.807) is 11.3 Å². The van der Waals surface area contributed by atoms with Crippen LogP contribution in [0.15, 0.2) is 5.38 Å². The van der Waals surface area contributed by atoms with Gasteiger partial charge in [-0.1, -0.05) is 6.92 Å². The van der Waals surface area contributed by atoms with E-state index in [-0.39, 0.29) is 0 Å². The zero-order valence-electron chi connectivity index (χ0n) is 9.75. The maximum Gasteiger partial charge on any atom is 0.0898 e. The van der Waals surface area contributed by atoms with Crippen molar-refractivity contribution in [3.05, 3.63) is 16.1 Å². The number of aromatic nitrogens is 1. The molecule has 1 unspecified atom stereocenters. The highest BCUT2D eigenvalue weighted by atomic mass is 32.2. The number of nitrogens with zero attached hydrogens (tertiary/aromatic N) is 1. The molecular formula is C11H20N2S2. The Kier molecular flexibility index (Phi) is 6.29. The van der Waals surface area contributed by atoms with Gasteiger partial charge in [0.05, 0.1) is 10.7 Å². The fourth-order valence-corrected chi connectivity index (χ4v) is 2.66. The molecule has 0 bridgehead atoms. The number of hydrogen-bond acceptors (Lipinski definition) is 4. The van der Waals surface area contributed by atoms with E-state index in [0.29, 0.717) is 6.04 Å². The van der Waals surface area contributed by atoms with E-state index in [2.05, 4.69) is 36.5 Å². The molecule has 0 saturated heterocycles. The molecule has 0 aliphatic heterocycles. The molecule has 0 aliphatic rings. The molecule has 1 heterocycles. The van der Waals surface area contributed by atoms with E-state index in [9.17, 15) is 0 Å². The summed E-state index contributed by atoms with van der Waals surface area (Å²) in [5.74, 6) is 2.48. The Labute approximate surface area is 101 Å². The van der Waals surface area contributed by atoms with Gasteiger partial charge in [0.1, 0.15) is 0 Å². The molecule has 0 saturated carbocycles. The zero-order chi connectivity index (χ0) is 11.1. The molecule has 1 aromatic rings. The lowest BCUT2D eigenvalue weighted by molar-refractivity contribution is 0.562. The molecule has 0 aliphatic carbocycles. The fourth-order valence-electron chi connectivity index (χ4n) is 1.32. The second kappa shape index (κ2) is 7.25.